The minimum atomic E-state index is -0.484. The van der Waals surface area contributed by atoms with Crippen molar-refractivity contribution in [2.24, 2.45) is 13.0 Å². The number of nitrogens with zero attached hydrogens (tertiary/aromatic N) is 5. The van der Waals surface area contributed by atoms with Crippen LogP contribution in [0.25, 0.3) is 0 Å². The summed E-state index contributed by atoms with van der Waals surface area (Å²) in [7, 11) is 1.67. The van der Waals surface area contributed by atoms with Gasteiger partial charge in [-0.2, -0.15) is 4.80 Å². The summed E-state index contributed by atoms with van der Waals surface area (Å²) in [4.78, 5) is 27.9. The first-order valence-corrected chi connectivity index (χ1v) is 7.27. The van der Waals surface area contributed by atoms with Gasteiger partial charge >= 0.3 is 0 Å². The maximum Gasteiger partial charge on any atom is 0.246 e. The molecule has 8 nitrogen and oxygen atoms in total. The molecule has 21 heavy (non-hydrogen) atoms. The van der Waals surface area contributed by atoms with Crippen LogP contribution in [0.3, 0.4) is 0 Å². The van der Waals surface area contributed by atoms with E-state index in [1.165, 1.54) is 4.80 Å². The Morgan fingerprint density at radius 1 is 1.33 bits per heavy atom. The molecular weight excluding hydrogens is 272 g/mol. The van der Waals surface area contributed by atoms with Gasteiger partial charge in [-0.15, -0.1) is 10.2 Å². The number of hydrogen-bond donors (Lipinski definition) is 1. The van der Waals surface area contributed by atoms with Gasteiger partial charge in [-0.3, -0.25) is 9.59 Å². The number of hydrogen-bond acceptors (Lipinski definition) is 5. The molecule has 1 fully saturated rings. The zero-order valence-corrected chi connectivity index (χ0v) is 12.9. The van der Waals surface area contributed by atoms with Crippen LogP contribution in [0.5, 0.6) is 0 Å². The molecule has 1 aliphatic heterocycles. The first kappa shape index (κ1) is 15.4. The Labute approximate surface area is 123 Å². The van der Waals surface area contributed by atoms with Gasteiger partial charge < -0.3 is 10.2 Å². The van der Waals surface area contributed by atoms with Crippen molar-refractivity contribution >= 4 is 11.8 Å². The van der Waals surface area contributed by atoms with E-state index in [4.69, 9.17) is 0 Å². The SMILES string of the molecule is CCCC1C(=O)NC(C(C)C)C(=O)N1Cc1nnn(C)n1. The molecule has 116 valence electrons. The minimum Gasteiger partial charge on any atom is -0.342 e. The summed E-state index contributed by atoms with van der Waals surface area (Å²) in [6, 6.07) is -0.941. The number of tetrazole rings is 1. The lowest BCUT2D eigenvalue weighted by Gasteiger charge is -2.39. The van der Waals surface area contributed by atoms with E-state index in [0.717, 1.165) is 6.42 Å². The number of aromatic nitrogens is 4. The van der Waals surface area contributed by atoms with Crippen molar-refractivity contribution in [2.45, 2.75) is 52.2 Å². The summed E-state index contributed by atoms with van der Waals surface area (Å²) in [5, 5.41) is 14.6. The first-order chi connectivity index (χ1) is 9.93. The molecule has 0 spiro atoms. The number of nitrogens with one attached hydrogen (secondary N) is 1. The second-order valence-electron chi connectivity index (χ2n) is 5.70. The summed E-state index contributed by atoms with van der Waals surface area (Å²) in [6.45, 7) is 6.04. The van der Waals surface area contributed by atoms with Crippen molar-refractivity contribution in [1.29, 1.82) is 0 Å². The Hall–Kier alpha value is -1.99. The van der Waals surface area contributed by atoms with E-state index in [-0.39, 0.29) is 24.3 Å². The predicted octanol–water partition coefficient (Wildman–Crippen LogP) is -0.138. The van der Waals surface area contributed by atoms with Crippen molar-refractivity contribution < 1.29 is 9.59 Å². The minimum absolute atomic E-state index is 0.0429. The van der Waals surface area contributed by atoms with Crippen molar-refractivity contribution in [1.82, 2.24) is 30.4 Å². The molecule has 2 heterocycles. The topological polar surface area (TPSA) is 93.0 Å². The second-order valence-corrected chi connectivity index (χ2v) is 5.70. The number of rotatable bonds is 5. The van der Waals surface area contributed by atoms with Gasteiger partial charge in [0.15, 0.2) is 5.82 Å². The summed E-state index contributed by atoms with van der Waals surface area (Å²) in [5.74, 6) is 0.319. The van der Waals surface area contributed by atoms with E-state index in [0.29, 0.717) is 12.2 Å². The summed E-state index contributed by atoms with van der Waals surface area (Å²) in [5.41, 5.74) is 0. The van der Waals surface area contributed by atoms with Crippen molar-refractivity contribution in [3.05, 3.63) is 5.82 Å². The first-order valence-electron chi connectivity index (χ1n) is 7.27. The van der Waals surface area contributed by atoms with E-state index in [9.17, 15) is 9.59 Å². The molecule has 0 bridgehead atoms. The molecule has 2 unspecified atom stereocenters. The van der Waals surface area contributed by atoms with Crippen molar-refractivity contribution in [2.75, 3.05) is 0 Å². The van der Waals surface area contributed by atoms with Crippen LogP contribution in [0.15, 0.2) is 0 Å². The van der Waals surface area contributed by atoms with E-state index < -0.39 is 12.1 Å². The smallest absolute Gasteiger partial charge is 0.246 e. The third-order valence-electron chi connectivity index (χ3n) is 3.62. The number of carbonyl (C=O) groups excluding carboxylic acids is 2. The van der Waals surface area contributed by atoms with Crippen LogP contribution in [-0.2, 0) is 23.2 Å². The zero-order valence-electron chi connectivity index (χ0n) is 12.9. The lowest BCUT2D eigenvalue weighted by Crippen LogP contribution is -2.64. The molecule has 0 radical (unpaired) electrons. The lowest BCUT2D eigenvalue weighted by atomic mass is 9.96. The van der Waals surface area contributed by atoms with Crippen LogP contribution >= 0.6 is 0 Å². The normalized spacial score (nSPS) is 22.8. The van der Waals surface area contributed by atoms with E-state index in [2.05, 4.69) is 20.7 Å². The number of carbonyl (C=O) groups is 2. The number of piperazine rings is 1. The summed E-state index contributed by atoms with van der Waals surface area (Å²) in [6.07, 6.45) is 1.45. The maximum atomic E-state index is 12.6. The van der Waals surface area contributed by atoms with Crippen LogP contribution in [0, 0.1) is 5.92 Å². The largest absolute Gasteiger partial charge is 0.342 e. The van der Waals surface area contributed by atoms with Gasteiger partial charge in [-0.1, -0.05) is 27.2 Å². The number of aryl methyl sites for hydroxylation is 1. The third-order valence-corrected chi connectivity index (χ3v) is 3.62. The molecule has 8 heteroatoms. The summed E-state index contributed by atoms with van der Waals surface area (Å²) >= 11 is 0. The van der Waals surface area contributed by atoms with Crippen LogP contribution < -0.4 is 5.32 Å². The second kappa shape index (κ2) is 6.19. The molecule has 0 aromatic carbocycles. The average molecular weight is 294 g/mol. The highest BCUT2D eigenvalue weighted by molar-refractivity contribution is 5.97. The van der Waals surface area contributed by atoms with Gasteiger partial charge in [-0.25, -0.2) is 0 Å². The van der Waals surface area contributed by atoms with Crippen molar-refractivity contribution in [3.8, 4) is 0 Å². The lowest BCUT2D eigenvalue weighted by molar-refractivity contribution is -0.151. The fourth-order valence-corrected chi connectivity index (χ4v) is 2.52. The molecule has 0 aliphatic carbocycles. The number of amides is 2. The van der Waals surface area contributed by atoms with Gasteiger partial charge in [0.25, 0.3) is 0 Å². The molecule has 0 saturated carbocycles. The Morgan fingerprint density at radius 2 is 2.05 bits per heavy atom. The van der Waals surface area contributed by atoms with Gasteiger partial charge in [0.1, 0.15) is 12.1 Å². The van der Waals surface area contributed by atoms with Gasteiger partial charge in [-0.05, 0) is 17.6 Å². The van der Waals surface area contributed by atoms with Gasteiger partial charge in [0.2, 0.25) is 11.8 Å². The van der Waals surface area contributed by atoms with E-state index in [1.54, 1.807) is 11.9 Å². The fourth-order valence-electron chi connectivity index (χ4n) is 2.52. The van der Waals surface area contributed by atoms with Crippen LogP contribution in [-0.4, -0.2) is 49.0 Å². The average Bonchev–Trinajstić information content (AvgIpc) is 2.83. The molecule has 1 aromatic heterocycles. The molecule has 2 rings (SSSR count). The summed E-state index contributed by atoms with van der Waals surface area (Å²) < 4.78 is 0. The van der Waals surface area contributed by atoms with E-state index in [1.807, 2.05) is 20.8 Å². The molecule has 2 amide bonds. The highest BCUT2D eigenvalue weighted by Gasteiger charge is 2.41. The quantitative estimate of drug-likeness (QED) is 0.816. The molecule has 1 aromatic rings. The van der Waals surface area contributed by atoms with Crippen LogP contribution in [0.4, 0.5) is 0 Å². The van der Waals surface area contributed by atoms with Crippen LogP contribution in [0.1, 0.15) is 39.4 Å². The Bertz CT molecular complexity index is 526. The van der Waals surface area contributed by atoms with Crippen molar-refractivity contribution in [3.63, 3.8) is 0 Å². The maximum absolute atomic E-state index is 12.6. The monoisotopic (exact) mass is 294 g/mol. The predicted molar refractivity (Wildman–Crippen MR) is 74.8 cm³/mol. The Balaban J connectivity index is 2.25. The highest BCUT2D eigenvalue weighted by Crippen LogP contribution is 2.20. The standard InChI is InChI=1S/C13H22N6O2/c1-5-6-9-12(20)14-11(8(2)3)13(21)19(9)7-10-15-17-18(4)16-10/h8-9,11H,5-7H2,1-4H3,(H,14,20). The molecule has 1 N–H and O–H groups in total. The van der Waals surface area contributed by atoms with Gasteiger partial charge in [0.05, 0.1) is 13.6 Å². The Morgan fingerprint density at radius 3 is 2.57 bits per heavy atom. The molecular formula is C13H22N6O2. The van der Waals surface area contributed by atoms with Gasteiger partial charge in [0, 0.05) is 0 Å². The third kappa shape index (κ3) is 3.20. The molecule has 1 aliphatic rings. The fraction of sp³-hybridized carbons (Fsp3) is 0.769. The highest BCUT2D eigenvalue weighted by atomic mass is 16.2. The molecule has 2 atom stereocenters. The van der Waals surface area contributed by atoms with E-state index >= 15 is 0 Å². The van der Waals surface area contributed by atoms with Crippen LogP contribution in [0.2, 0.25) is 0 Å². The zero-order chi connectivity index (χ0) is 15.6. The molecule has 1 saturated heterocycles. The Kier molecular flexibility index (Phi) is 4.54.